The second-order valence-corrected chi connectivity index (χ2v) is 5.60. The topological polar surface area (TPSA) is 37.9 Å². The first-order chi connectivity index (χ1) is 11.0. The molecule has 1 aromatic heterocycles. The van der Waals surface area contributed by atoms with Crippen LogP contribution in [0.1, 0.15) is 5.82 Å². The van der Waals surface area contributed by atoms with E-state index in [0.29, 0.717) is 22.1 Å². The summed E-state index contributed by atoms with van der Waals surface area (Å²) < 4.78 is 69.8. The highest BCUT2D eigenvalue weighted by Gasteiger charge is 2.38. The van der Waals surface area contributed by atoms with Gasteiger partial charge in [-0.15, -0.1) is 0 Å². The standard InChI is InChI=1S/C15H10BrF5N2O/c1-8(14(17,18)19)3-4-9(2)24-15(20,21)13-22-11-6-5-10(16)7-12(11)23-13/h3-7H,1-2H2,(H,22,23)/b4-3+. The van der Waals surface area contributed by atoms with E-state index in [2.05, 4.69) is 43.8 Å². The molecular formula is C15H10BrF5N2O. The van der Waals surface area contributed by atoms with E-state index < -0.39 is 29.4 Å². The highest BCUT2D eigenvalue weighted by Crippen LogP contribution is 2.32. The van der Waals surface area contributed by atoms with Crippen LogP contribution in [0, 0.1) is 0 Å². The molecule has 1 aromatic carbocycles. The lowest BCUT2D eigenvalue weighted by Gasteiger charge is -2.15. The number of hydrogen-bond acceptors (Lipinski definition) is 2. The summed E-state index contributed by atoms with van der Waals surface area (Å²) in [5.41, 5.74) is -0.596. The van der Waals surface area contributed by atoms with E-state index in [-0.39, 0.29) is 5.52 Å². The molecule has 0 aliphatic rings. The summed E-state index contributed by atoms with van der Waals surface area (Å²) in [7, 11) is 0. The first kappa shape index (κ1) is 18.2. The number of nitrogens with one attached hydrogen (secondary N) is 1. The van der Waals surface area contributed by atoms with Crippen LogP contribution in [-0.2, 0) is 10.8 Å². The van der Waals surface area contributed by atoms with Crippen molar-refractivity contribution in [3.8, 4) is 0 Å². The van der Waals surface area contributed by atoms with Crippen molar-refractivity contribution in [1.82, 2.24) is 9.97 Å². The van der Waals surface area contributed by atoms with Crippen molar-refractivity contribution in [2.45, 2.75) is 12.3 Å². The van der Waals surface area contributed by atoms with Crippen LogP contribution in [0.4, 0.5) is 22.0 Å². The third-order valence-corrected chi connectivity index (χ3v) is 3.31. The predicted octanol–water partition coefficient (Wildman–Crippen LogP) is 5.58. The highest BCUT2D eigenvalue weighted by atomic mass is 79.9. The Labute approximate surface area is 141 Å². The number of allylic oxidation sites excluding steroid dienone is 3. The Kier molecular flexibility index (Phi) is 4.84. The van der Waals surface area contributed by atoms with Gasteiger partial charge in [0.1, 0.15) is 5.76 Å². The molecule has 9 heteroatoms. The van der Waals surface area contributed by atoms with Crippen LogP contribution < -0.4 is 0 Å². The number of aromatic nitrogens is 2. The number of halogens is 6. The van der Waals surface area contributed by atoms with Gasteiger partial charge in [-0.3, -0.25) is 0 Å². The number of fused-ring (bicyclic) bond motifs is 1. The number of aromatic amines is 1. The lowest BCUT2D eigenvalue weighted by Crippen LogP contribution is -2.19. The van der Waals surface area contributed by atoms with E-state index in [1.807, 2.05) is 0 Å². The average molecular weight is 409 g/mol. The normalized spacial score (nSPS) is 12.8. The Bertz CT molecular complexity index is 823. The number of rotatable bonds is 5. The summed E-state index contributed by atoms with van der Waals surface area (Å²) in [6.45, 7) is 5.91. The van der Waals surface area contributed by atoms with Gasteiger partial charge in [0.25, 0.3) is 0 Å². The Morgan fingerprint density at radius 2 is 1.83 bits per heavy atom. The van der Waals surface area contributed by atoms with Crippen molar-refractivity contribution in [3.05, 3.63) is 65.1 Å². The molecule has 0 aliphatic heterocycles. The summed E-state index contributed by atoms with van der Waals surface area (Å²) in [6.07, 6.45) is -7.41. The number of hydrogen-bond donors (Lipinski definition) is 1. The van der Waals surface area contributed by atoms with E-state index in [1.54, 1.807) is 12.1 Å². The second kappa shape index (κ2) is 6.39. The van der Waals surface area contributed by atoms with E-state index in [9.17, 15) is 22.0 Å². The van der Waals surface area contributed by atoms with Crippen molar-refractivity contribution in [2.75, 3.05) is 0 Å². The van der Waals surface area contributed by atoms with Crippen LogP contribution in [0.15, 0.2) is 59.3 Å². The molecule has 0 fully saturated rings. The maximum atomic E-state index is 14.0. The first-order valence-electron chi connectivity index (χ1n) is 6.35. The van der Waals surface area contributed by atoms with Gasteiger partial charge in [-0.2, -0.15) is 22.0 Å². The lowest BCUT2D eigenvalue weighted by atomic mass is 10.2. The van der Waals surface area contributed by atoms with Gasteiger partial charge in [-0.25, -0.2) is 4.98 Å². The molecule has 0 radical (unpaired) electrons. The quantitative estimate of drug-likeness (QED) is 0.398. The second-order valence-electron chi connectivity index (χ2n) is 4.69. The van der Waals surface area contributed by atoms with Crippen LogP contribution in [0.2, 0.25) is 0 Å². The third kappa shape index (κ3) is 4.22. The van der Waals surface area contributed by atoms with Crippen LogP contribution >= 0.6 is 15.9 Å². The zero-order valence-corrected chi connectivity index (χ0v) is 13.5. The summed E-state index contributed by atoms with van der Waals surface area (Å²) in [5, 5.41) is 0. The first-order valence-corrected chi connectivity index (χ1v) is 7.14. The van der Waals surface area contributed by atoms with Gasteiger partial charge in [0.15, 0.2) is 0 Å². The van der Waals surface area contributed by atoms with Crippen LogP contribution in [0.3, 0.4) is 0 Å². The minimum absolute atomic E-state index is 0.281. The maximum Gasteiger partial charge on any atom is 0.460 e. The third-order valence-electron chi connectivity index (χ3n) is 2.81. The van der Waals surface area contributed by atoms with Crippen LogP contribution in [-0.4, -0.2) is 16.1 Å². The fourth-order valence-corrected chi connectivity index (χ4v) is 2.02. The molecule has 24 heavy (non-hydrogen) atoms. The number of imidazole rings is 1. The minimum atomic E-state index is -4.66. The molecule has 128 valence electrons. The van der Waals surface area contributed by atoms with Gasteiger partial charge < -0.3 is 9.72 Å². The molecule has 0 aliphatic carbocycles. The summed E-state index contributed by atoms with van der Waals surface area (Å²) >= 11 is 3.19. The van der Waals surface area contributed by atoms with Crippen molar-refractivity contribution in [3.63, 3.8) is 0 Å². The van der Waals surface area contributed by atoms with Gasteiger partial charge in [0, 0.05) is 10.0 Å². The smallest absolute Gasteiger partial charge is 0.427 e. The Morgan fingerprint density at radius 1 is 1.17 bits per heavy atom. The van der Waals surface area contributed by atoms with Crippen molar-refractivity contribution in [1.29, 1.82) is 0 Å². The predicted molar refractivity (Wildman–Crippen MR) is 82.2 cm³/mol. The van der Waals surface area contributed by atoms with Crippen molar-refractivity contribution >= 4 is 27.0 Å². The monoisotopic (exact) mass is 408 g/mol. The zero-order chi connectivity index (χ0) is 18.1. The van der Waals surface area contributed by atoms with Crippen LogP contribution in [0.25, 0.3) is 11.0 Å². The van der Waals surface area contributed by atoms with E-state index in [1.165, 1.54) is 6.07 Å². The molecule has 0 atom stereocenters. The van der Waals surface area contributed by atoms with Gasteiger partial charge in [0.05, 0.1) is 11.0 Å². The number of H-pyrrole nitrogens is 1. The van der Waals surface area contributed by atoms with Gasteiger partial charge >= 0.3 is 12.3 Å². The minimum Gasteiger partial charge on any atom is -0.427 e. The molecule has 0 spiro atoms. The molecule has 0 saturated carbocycles. The Morgan fingerprint density at radius 3 is 2.46 bits per heavy atom. The summed E-state index contributed by atoms with van der Waals surface area (Å²) in [5.74, 6) is -1.47. The van der Waals surface area contributed by atoms with Crippen molar-refractivity contribution < 1.29 is 26.7 Å². The average Bonchev–Trinajstić information content (AvgIpc) is 2.87. The molecule has 2 rings (SSSR count). The SMILES string of the molecule is C=C(/C=C/C(=C)C(F)(F)F)OC(F)(F)c1nc2ccc(Br)cc2[nH]1. The van der Waals surface area contributed by atoms with E-state index in [0.717, 1.165) is 0 Å². The van der Waals surface area contributed by atoms with Crippen LogP contribution in [0.5, 0.6) is 0 Å². The molecule has 3 nitrogen and oxygen atoms in total. The largest absolute Gasteiger partial charge is 0.460 e. The Hall–Kier alpha value is -2.16. The Balaban J connectivity index is 2.15. The maximum absolute atomic E-state index is 14.0. The number of nitrogens with zero attached hydrogens (tertiary/aromatic N) is 1. The fourth-order valence-electron chi connectivity index (χ4n) is 1.65. The van der Waals surface area contributed by atoms with Gasteiger partial charge in [0.2, 0.25) is 5.82 Å². The summed E-state index contributed by atoms with van der Waals surface area (Å²) in [6, 6.07) is 4.68. The molecule has 0 amide bonds. The number of benzene rings is 1. The zero-order valence-electron chi connectivity index (χ0n) is 11.9. The fraction of sp³-hybridized carbons (Fsp3) is 0.133. The molecular weight excluding hydrogens is 399 g/mol. The van der Waals surface area contributed by atoms with Gasteiger partial charge in [-0.05, 0) is 30.4 Å². The van der Waals surface area contributed by atoms with E-state index in [4.69, 9.17) is 0 Å². The molecule has 0 bridgehead atoms. The summed E-state index contributed by atoms with van der Waals surface area (Å²) in [4.78, 5) is 6.09. The molecule has 0 unspecified atom stereocenters. The van der Waals surface area contributed by atoms with E-state index >= 15 is 0 Å². The van der Waals surface area contributed by atoms with Crippen molar-refractivity contribution in [2.24, 2.45) is 0 Å². The number of ether oxygens (including phenoxy) is 1. The highest BCUT2D eigenvalue weighted by molar-refractivity contribution is 9.10. The molecule has 2 aromatic rings. The lowest BCUT2D eigenvalue weighted by molar-refractivity contribution is -0.226. The molecule has 1 N–H and O–H groups in total. The molecule has 0 saturated heterocycles. The number of alkyl halides is 5. The van der Waals surface area contributed by atoms with Gasteiger partial charge in [-0.1, -0.05) is 29.1 Å². The molecule has 1 heterocycles.